The van der Waals surface area contributed by atoms with E-state index in [9.17, 15) is 8.78 Å². The minimum Gasteiger partial charge on any atom is -0.328 e. The van der Waals surface area contributed by atoms with Gasteiger partial charge in [-0.1, -0.05) is 36.5 Å². The summed E-state index contributed by atoms with van der Waals surface area (Å²) in [6.45, 7) is 3.48. The molecule has 0 saturated carbocycles. The molecule has 86 valence electrons. The fourth-order valence-electron chi connectivity index (χ4n) is 1.11. The Balaban J connectivity index is 3.92. The van der Waals surface area contributed by atoms with E-state index in [1.807, 2.05) is 19.1 Å². The third kappa shape index (κ3) is 9.35. The van der Waals surface area contributed by atoms with Gasteiger partial charge in [-0.2, -0.15) is 0 Å². The lowest BCUT2D eigenvalue weighted by molar-refractivity contribution is -0.00904. The van der Waals surface area contributed by atoms with E-state index in [1.54, 1.807) is 25.2 Å². The molecule has 0 saturated heterocycles. The highest BCUT2D eigenvalue weighted by Crippen LogP contribution is 2.24. The minimum absolute atomic E-state index is 0.255. The molecule has 0 radical (unpaired) electrons. The van der Waals surface area contributed by atoms with Crippen molar-refractivity contribution in [3.63, 3.8) is 0 Å². The SMILES string of the molecule is C/C=C\C=C/C=CCC(F)(F)CC(C)N. The maximum atomic E-state index is 13.1. The first-order valence-corrected chi connectivity index (χ1v) is 5.06. The van der Waals surface area contributed by atoms with E-state index in [2.05, 4.69) is 0 Å². The third-order valence-electron chi connectivity index (χ3n) is 1.70. The molecule has 0 heterocycles. The van der Waals surface area contributed by atoms with Gasteiger partial charge in [0, 0.05) is 18.9 Å². The topological polar surface area (TPSA) is 26.0 Å². The smallest absolute Gasteiger partial charge is 0.253 e. The quantitative estimate of drug-likeness (QED) is 0.675. The Kier molecular flexibility index (Phi) is 6.88. The van der Waals surface area contributed by atoms with Gasteiger partial charge in [0.15, 0.2) is 0 Å². The van der Waals surface area contributed by atoms with E-state index in [-0.39, 0.29) is 12.8 Å². The molecule has 0 rings (SSSR count). The van der Waals surface area contributed by atoms with Crippen LogP contribution in [0.25, 0.3) is 0 Å². The maximum Gasteiger partial charge on any atom is 0.253 e. The highest BCUT2D eigenvalue weighted by atomic mass is 19.3. The first-order chi connectivity index (χ1) is 6.98. The Morgan fingerprint density at radius 2 is 1.80 bits per heavy atom. The molecule has 0 aliphatic heterocycles. The second-order valence-electron chi connectivity index (χ2n) is 3.58. The van der Waals surface area contributed by atoms with Gasteiger partial charge in [-0.05, 0) is 13.8 Å². The molecule has 0 fully saturated rings. The molecule has 0 aromatic carbocycles. The van der Waals surface area contributed by atoms with Crippen molar-refractivity contribution in [2.24, 2.45) is 5.73 Å². The van der Waals surface area contributed by atoms with Crippen molar-refractivity contribution in [1.29, 1.82) is 0 Å². The Morgan fingerprint density at radius 3 is 2.33 bits per heavy atom. The van der Waals surface area contributed by atoms with Crippen LogP contribution in [-0.4, -0.2) is 12.0 Å². The summed E-state index contributed by atoms with van der Waals surface area (Å²) in [4.78, 5) is 0. The number of hydrogen-bond acceptors (Lipinski definition) is 1. The number of hydrogen-bond donors (Lipinski definition) is 1. The summed E-state index contributed by atoms with van der Waals surface area (Å²) in [6, 6.07) is -0.466. The summed E-state index contributed by atoms with van der Waals surface area (Å²) in [5.74, 6) is -2.70. The lowest BCUT2D eigenvalue weighted by atomic mass is 10.1. The van der Waals surface area contributed by atoms with Crippen LogP contribution in [0.5, 0.6) is 0 Å². The number of halogens is 2. The van der Waals surface area contributed by atoms with Gasteiger partial charge in [-0.25, -0.2) is 8.78 Å². The molecular weight excluding hydrogens is 196 g/mol. The average Bonchev–Trinajstić information content (AvgIpc) is 2.08. The molecule has 0 aromatic rings. The molecule has 1 nitrogen and oxygen atoms in total. The second-order valence-corrected chi connectivity index (χ2v) is 3.58. The summed E-state index contributed by atoms with van der Waals surface area (Å²) in [5.41, 5.74) is 5.32. The molecule has 3 heteroatoms. The predicted octanol–water partition coefficient (Wildman–Crippen LogP) is 3.44. The monoisotopic (exact) mass is 215 g/mol. The molecule has 0 spiro atoms. The van der Waals surface area contributed by atoms with Crippen molar-refractivity contribution in [2.75, 3.05) is 0 Å². The van der Waals surface area contributed by atoms with Crippen LogP contribution in [0.2, 0.25) is 0 Å². The Hall–Kier alpha value is -0.960. The molecule has 0 aromatic heterocycles. The first kappa shape index (κ1) is 14.0. The minimum atomic E-state index is -2.70. The molecule has 0 amide bonds. The van der Waals surface area contributed by atoms with E-state index >= 15 is 0 Å². The number of alkyl halides is 2. The molecule has 0 aliphatic rings. The van der Waals surface area contributed by atoms with Crippen molar-refractivity contribution >= 4 is 0 Å². The van der Waals surface area contributed by atoms with Crippen LogP contribution < -0.4 is 5.73 Å². The van der Waals surface area contributed by atoms with E-state index in [4.69, 9.17) is 5.73 Å². The van der Waals surface area contributed by atoms with Crippen molar-refractivity contribution in [1.82, 2.24) is 0 Å². The number of allylic oxidation sites excluding steroid dienone is 6. The van der Waals surface area contributed by atoms with E-state index < -0.39 is 12.0 Å². The lowest BCUT2D eigenvalue weighted by Gasteiger charge is -2.16. The van der Waals surface area contributed by atoms with Crippen molar-refractivity contribution in [3.8, 4) is 0 Å². The van der Waals surface area contributed by atoms with Gasteiger partial charge in [0.05, 0.1) is 0 Å². The van der Waals surface area contributed by atoms with Crippen LogP contribution in [0.3, 0.4) is 0 Å². The highest BCUT2D eigenvalue weighted by molar-refractivity contribution is 5.10. The molecule has 0 aliphatic carbocycles. The summed E-state index contributed by atoms with van der Waals surface area (Å²) < 4.78 is 26.2. The lowest BCUT2D eigenvalue weighted by Crippen LogP contribution is -2.27. The van der Waals surface area contributed by atoms with Gasteiger partial charge >= 0.3 is 0 Å². The zero-order valence-corrected chi connectivity index (χ0v) is 9.29. The molecule has 0 bridgehead atoms. The zero-order valence-electron chi connectivity index (χ0n) is 9.29. The molecular formula is C12H19F2N. The maximum absolute atomic E-state index is 13.1. The van der Waals surface area contributed by atoms with E-state index in [0.29, 0.717) is 0 Å². The van der Waals surface area contributed by atoms with Crippen molar-refractivity contribution in [2.45, 2.75) is 38.7 Å². The Bertz CT molecular complexity index is 240. The van der Waals surface area contributed by atoms with Crippen LogP contribution in [0.4, 0.5) is 8.78 Å². The van der Waals surface area contributed by atoms with Gasteiger partial charge < -0.3 is 5.73 Å². The normalized spacial score (nSPS) is 15.8. The third-order valence-corrected chi connectivity index (χ3v) is 1.70. The van der Waals surface area contributed by atoms with Crippen molar-refractivity contribution in [3.05, 3.63) is 36.5 Å². The van der Waals surface area contributed by atoms with Gasteiger partial charge in [0.2, 0.25) is 0 Å². The van der Waals surface area contributed by atoms with Gasteiger partial charge in [-0.15, -0.1) is 0 Å². The second kappa shape index (κ2) is 7.35. The van der Waals surface area contributed by atoms with Crippen LogP contribution in [0.15, 0.2) is 36.5 Å². The Morgan fingerprint density at radius 1 is 1.20 bits per heavy atom. The Labute approximate surface area is 90.4 Å². The molecule has 2 N–H and O–H groups in total. The van der Waals surface area contributed by atoms with E-state index in [1.165, 1.54) is 6.08 Å². The first-order valence-electron chi connectivity index (χ1n) is 5.06. The predicted molar refractivity (Wildman–Crippen MR) is 60.9 cm³/mol. The molecule has 1 unspecified atom stereocenters. The molecule has 1 atom stereocenters. The summed E-state index contributed by atoms with van der Waals surface area (Å²) in [7, 11) is 0. The standard InChI is InChI=1S/C12H19F2N/c1-3-4-5-6-7-8-9-12(13,14)10-11(2)15/h3-8,11H,9-10,15H2,1-2H3/b4-3-,6-5-,8-7?. The van der Waals surface area contributed by atoms with Gasteiger partial charge in [-0.3, -0.25) is 0 Å². The average molecular weight is 215 g/mol. The fraction of sp³-hybridized carbons (Fsp3) is 0.500. The van der Waals surface area contributed by atoms with Gasteiger partial charge in [0.1, 0.15) is 0 Å². The van der Waals surface area contributed by atoms with E-state index in [0.717, 1.165) is 0 Å². The van der Waals surface area contributed by atoms with Crippen LogP contribution in [0.1, 0.15) is 26.7 Å². The summed E-state index contributed by atoms with van der Waals surface area (Å²) in [5, 5.41) is 0. The largest absolute Gasteiger partial charge is 0.328 e. The zero-order chi connectivity index (χ0) is 11.7. The van der Waals surface area contributed by atoms with Crippen molar-refractivity contribution < 1.29 is 8.78 Å². The number of rotatable bonds is 6. The molecule has 15 heavy (non-hydrogen) atoms. The fourth-order valence-corrected chi connectivity index (χ4v) is 1.11. The van der Waals surface area contributed by atoms with Crippen LogP contribution in [0, 0.1) is 0 Å². The van der Waals surface area contributed by atoms with Gasteiger partial charge in [0.25, 0.3) is 5.92 Å². The number of nitrogens with two attached hydrogens (primary N) is 1. The highest BCUT2D eigenvalue weighted by Gasteiger charge is 2.28. The van der Waals surface area contributed by atoms with Crippen LogP contribution >= 0.6 is 0 Å². The summed E-state index contributed by atoms with van der Waals surface area (Å²) >= 11 is 0. The van der Waals surface area contributed by atoms with Crippen LogP contribution in [-0.2, 0) is 0 Å². The summed E-state index contributed by atoms with van der Waals surface area (Å²) in [6.07, 6.45) is 9.78.